The monoisotopic (exact) mass is 315 g/mol. The number of aromatic amines is 1. The molecular formula is C15H26ClN3O2. The zero-order valence-electron chi connectivity index (χ0n) is 12.7. The molecule has 0 aliphatic carbocycles. The molecule has 0 fully saturated rings. The first-order valence-corrected chi connectivity index (χ1v) is 7.19. The van der Waals surface area contributed by atoms with Crippen LogP contribution in [0.25, 0.3) is 0 Å². The molecule has 0 unspecified atom stereocenters. The minimum Gasteiger partial charge on any atom is -0.278 e. The number of hydrogen-bond donors (Lipinski definition) is 1. The number of hydrogen-bond acceptors (Lipinski definition) is 3. The van der Waals surface area contributed by atoms with Gasteiger partial charge in [-0.15, -0.1) is 0 Å². The summed E-state index contributed by atoms with van der Waals surface area (Å²) in [6.07, 6.45) is 0.827. The van der Waals surface area contributed by atoms with Crippen LogP contribution in [0.4, 0.5) is 5.82 Å². The van der Waals surface area contributed by atoms with Crippen LogP contribution in [0.15, 0.2) is 14.6 Å². The average molecular weight is 316 g/mol. The lowest BCUT2D eigenvalue weighted by molar-refractivity contribution is 0.503. The normalized spacial score (nSPS) is 11.9. The smallest absolute Gasteiger partial charge is 0.278 e. The molecule has 0 amide bonds. The number of halogens is 1. The summed E-state index contributed by atoms with van der Waals surface area (Å²) in [5, 5.41) is 0.386. The van der Waals surface area contributed by atoms with Gasteiger partial charge in [0.05, 0.1) is 5.56 Å². The summed E-state index contributed by atoms with van der Waals surface area (Å²) in [7, 11) is 0. The van der Waals surface area contributed by atoms with E-state index in [9.17, 15) is 9.59 Å². The Bertz CT molecular complexity index is 612. The van der Waals surface area contributed by atoms with E-state index in [2.05, 4.69) is 23.8 Å². The fourth-order valence-corrected chi connectivity index (χ4v) is 1.71. The van der Waals surface area contributed by atoms with Crippen molar-refractivity contribution in [3.05, 3.63) is 26.4 Å². The molecule has 0 atom stereocenters. The van der Waals surface area contributed by atoms with Gasteiger partial charge in [0.1, 0.15) is 11.0 Å². The van der Waals surface area contributed by atoms with Gasteiger partial charge in [0.25, 0.3) is 5.56 Å². The summed E-state index contributed by atoms with van der Waals surface area (Å²) in [4.78, 5) is 30.3. The third-order valence-electron chi connectivity index (χ3n) is 3.02. The Morgan fingerprint density at radius 2 is 1.86 bits per heavy atom. The lowest BCUT2D eigenvalue weighted by Crippen LogP contribution is -2.32. The highest BCUT2D eigenvalue weighted by Crippen LogP contribution is 2.17. The van der Waals surface area contributed by atoms with Crippen molar-refractivity contribution < 1.29 is 0 Å². The van der Waals surface area contributed by atoms with Crippen molar-refractivity contribution in [2.24, 2.45) is 16.8 Å². The summed E-state index contributed by atoms with van der Waals surface area (Å²) >= 11 is 6.08. The molecule has 0 spiro atoms. The van der Waals surface area contributed by atoms with E-state index < -0.39 is 11.2 Å². The predicted octanol–water partition coefficient (Wildman–Crippen LogP) is 3.45. The maximum absolute atomic E-state index is 12.0. The number of H-pyrrole nitrogens is 1. The van der Waals surface area contributed by atoms with E-state index >= 15 is 0 Å². The molecule has 21 heavy (non-hydrogen) atoms. The fraction of sp³-hybridized carbons (Fsp3) is 0.667. The standard InChI is InChI=1S/C14H22ClN3O2.CH4/c1-8(2)6-7-18-12(16-11(15)9(3)4)10(5)13(19)17-14(18)20;/h8-9H,6-7H2,1-5H3,(H,17,19,20);1H4/b16-11+;. The van der Waals surface area contributed by atoms with Gasteiger partial charge in [-0.25, -0.2) is 9.79 Å². The van der Waals surface area contributed by atoms with Crippen molar-refractivity contribution >= 4 is 22.6 Å². The van der Waals surface area contributed by atoms with E-state index in [1.54, 1.807) is 6.92 Å². The molecule has 1 N–H and O–H groups in total. The van der Waals surface area contributed by atoms with Crippen molar-refractivity contribution in [2.45, 2.75) is 55.0 Å². The lowest BCUT2D eigenvalue weighted by atomic mass is 10.1. The van der Waals surface area contributed by atoms with Gasteiger partial charge in [-0.1, -0.05) is 46.7 Å². The Morgan fingerprint density at radius 3 is 2.33 bits per heavy atom. The quantitative estimate of drug-likeness (QED) is 0.846. The highest BCUT2D eigenvalue weighted by atomic mass is 35.5. The molecule has 0 aromatic carbocycles. The van der Waals surface area contributed by atoms with Gasteiger partial charge in [-0.2, -0.15) is 0 Å². The van der Waals surface area contributed by atoms with Crippen LogP contribution in [0, 0.1) is 18.8 Å². The van der Waals surface area contributed by atoms with Crippen molar-refractivity contribution in [1.29, 1.82) is 0 Å². The maximum atomic E-state index is 12.0. The minimum absolute atomic E-state index is 0. The summed E-state index contributed by atoms with van der Waals surface area (Å²) in [5.74, 6) is 0.855. The third-order valence-corrected chi connectivity index (χ3v) is 3.54. The lowest BCUT2D eigenvalue weighted by Gasteiger charge is -2.13. The molecule has 1 heterocycles. The number of nitrogens with zero attached hydrogens (tertiary/aromatic N) is 2. The van der Waals surface area contributed by atoms with Gasteiger partial charge in [-0.05, 0) is 19.3 Å². The Hall–Kier alpha value is -1.36. The highest BCUT2D eigenvalue weighted by molar-refractivity contribution is 6.66. The van der Waals surface area contributed by atoms with Crippen LogP contribution in [-0.4, -0.2) is 14.7 Å². The van der Waals surface area contributed by atoms with Crippen LogP contribution in [0.2, 0.25) is 0 Å². The Balaban J connectivity index is 0.00000400. The Morgan fingerprint density at radius 1 is 1.29 bits per heavy atom. The van der Waals surface area contributed by atoms with E-state index in [1.165, 1.54) is 4.57 Å². The molecule has 1 aromatic heterocycles. The highest BCUT2D eigenvalue weighted by Gasteiger charge is 2.13. The first-order chi connectivity index (χ1) is 9.23. The van der Waals surface area contributed by atoms with E-state index in [-0.39, 0.29) is 13.3 Å². The molecule has 0 saturated carbocycles. The number of nitrogens with one attached hydrogen (secondary N) is 1. The zero-order valence-corrected chi connectivity index (χ0v) is 13.4. The molecule has 6 heteroatoms. The van der Waals surface area contributed by atoms with Gasteiger partial charge in [0, 0.05) is 12.5 Å². The van der Waals surface area contributed by atoms with E-state index in [0.717, 1.165) is 6.42 Å². The molecule has 1 aromatic rings. The Kier molecular flexibility index (Phi) is 7.64. The topological polar surface area (TPSA) is 67.2 Å². The molecule has 0 aliphatic rings. The van der Waals surface area contributed by atoms with Crippen molar-refractivity contribution in [3.63, 3.8) is 0 Å². The van der Waals surface area contributed by atoms with Gasteiger partial charge in [0.15, 0.2) is 0 Å². The van der Waals surface area contributed by atoms with Crippen LogP contribution < -0.4 is 11.2 Å². The summed E-state index contributed by atoms with van der Waals surface area (Å²) in [6, 6.07) is 0. The summed E-state index contributed by atoms with van der Waals surface area (Å²) in [6.45, 7) is 10.1. The van der Waals surface area contributed by atoms with E-state index in [0.29, 0.717) is 29.0 Å². The molecule has 120 valence electrons. The fourth-order valence-electron chi connectivity index (χ4n) is 1.63. The second-order valence-corrected chi connectivity index (χ2v) is 6.02. The SMILES string of the molecule is C.Cc1c(/N=C(/Cl)C(C)C)n(CCC(C)C)c(=O)[nH]c1=O. The van der Waals surface area contributed by atoms with Crippen LogP contribution >= 0.6 is 11.6 Å². The second-order valence-electron chi connectivity index (χ2n) is 5.63. The first-order valence-electron chi connectivity index (χ1n) is 6.81. The number of rotatable bonds is 5. The van der Waals surface area contributed by atoms with Crippen LogP contribution in [0.1, 0.15) is 47.1 Å². The molecule has 0 bridgehead atoms. The summed E-state index contributed by atoms with van der Waals surface area (Å²) < 4.78 is 1.49. The predicted molar refractivity (Wildman–Crippen MR) is 90.0 cm³/mol. The van der Waals surface area contributed by atoms with Crippen LogP contribution in [0.5, 0.6) is 0 Å². The largest absolute Gasteiger partial charge is 0.329 e. The molecule has 0 aliphatic heterocycles. The van der Waals surface area contributed by atoms with Gasteiger partial charge in [0.2, 0.25) is 0 Å². The molecule has 0 radical (unpaired) electrons. The summed E-state index contributed by atoms with van der Waals surface area (Å²) in [5.41, 5.74) is -0.442. The molecule has 1 rings (SSSR count). The minimum atomic E-state index is -0.437. The van der Waals surface area contributed by atoms with Gasteiger partial charge < -0.3 is 0 Å². The van der Waals surface area contributed by atoms with Crippen molar-refractivity contribution in [1.82, 2.24) is 9.55 Å². The molecular weight excluding hydrogens is 290 g/mol. The number of aromatic nitrogens is 2. The van der Waals surface area contributed by atoms with Gasteiger partial charge >= 0.3 is 5.69 Å². The maximum Gasteiger partial charge on any atom is 0.329 e. The Labute approximate surface area is 131 Å². The first kappa shape index (κ1) is 19.6. The van der Waals surface area contributed by atoms with E-state index in [4.69, 9.17) is 11.6 Å². The average Bonchev–Trinajstić information content (AvgIpc) is 2.34. The van der Waals surface area contributed by atoms with E-state index in [1.807, 2.05) is 13.8 Å². The van der Waals surface area contributed by atoms with Gasteiger partial charge in [-0.3, -0.25) is 14.3 Å². The van der Waals surface area contributed by atoms with Crippen molar-refractivity contribution in [2.75, 3.05) is 0 Å². The van der Waals surface area contributed by atoms with Crippen LogP contribution in [0.3, 0.4) is 0 Å². The van der Waals surface area contributed by atoms with Crippen molar-refractivity contribution in [3.8, 4) is 0 Å². The third kappa shape index (κ3) is 5.16. The second kappa shape index (κ2) is 8.17. The number of aliphatic imine (C=N–C) groups is 1. The van der Waals surface area contributed by atoms with Crippen LogP contribution in [-0.2, 0) is 6.54 Å². The molecule has 0 saturated heterocycles. The zero-order chi connectivity index (χ0) is 15.4. The molecule has 5 nitrogen and oxygen atoms in total.